The van der Waals surface area contributed by atoms with E-state index < -0.39 is 0 Å². The van der Waals surface area contributed by atoms with Crippen molar-refractivity contribution >= 4 is 23.1 Å². The lowest BCUT2D eigenvalue weighted by molar-refractivity contribution is 0.823. The predicted molar refractivity (Wildman–Crippen MR) is 34.7 cm³/mol. The third kappa shape index (κ3) is 1760. The molecule has 0 aliphatic heterocycles. The summed E-state index contributed by atoms with van der Waals surface area (Å²) in [6, 6.07) is 0. The molecule has 0 saturated heterocycles. The van der Waals surface area contributed by atoms with Gasteiger partial charge in [0.15, 0.2) is 0 Å². The summed E-state index contributed by atoms with van der Waals surface area (Å²) in [5.41, 5.74) is 0. The van der Waals surface area contributed by atoms with Crippen LogP contribution in [0.1, 0.15) is 0 Å². The van der Waals surface area contributed by atoms with Crippen LogP contribution in [0.2, 0.25) is 0 Å². The van der Waals surface area contributed by atoms with Gasteiger partial charge in [0, 0.05) is 23.1 Å². The first kappa shape index (κ1) is 3380. The monoisotopic (exact) mass is 168 g/mol. The third-order valence-electron chi connectivity index (χ3n) is 0. The minimum absolute atomic E-state index is 0. The van der Waals surface area contributed by atoms with Crippen LogP contribution in [0.5, 0.6) is 0 Å². The molecular weight excluding hydrogens is 152 g/mol. The van der Waals surface area contributed by atoms with E-state index in [1.165, 1.54) is 0 Å². The Hall–Kier alpha value is 0.446. The van der Waals surface area contributed by atoms with Crippen LogP contribution < -0.4 is 0 Å². The molecule has 0 aromatic heterocycles. The first-order valence-corrected chi connectivity index (χ1v) is 0. The summed E-state index contributed by atoms with van der Waals surface area (Å²) < 4.78 is 0. The summed E-state index contributed by atoms with van der Waals surface area (Å²) in [6.45, 7) is 0. The van der Waals surface area contributed by atoms with Crippen molar-refractivity contribution in [1.82, 2.24) is 0 Å². The Kier molecular flexibility index (Phi) is 884000. The second-order valence-corrected chi connectivity index (χ2v) is 0. The van der Waals surface area contributed by atoms with Gasteiger partial charge in [-0.05, 0) is 0 Å². The normalized spacial score (nSPS) is 0. The van der Waals surface area contributed by atoms with Crippen molar-refractivity contribution in [1.29, 1.82) is 0 Å². The molecule has 0 atom stereocenters. The summed E-state index contributed by atoms with van der Waals surface area (Å²) in [5.74, 6) is 0. The summed E-state index contributed by atoms with van der Waals surface area (Å²) in [6.07, 6.45) is 0. The molecule has 0 aliphatic carbocycles. The molecule has 8 nitrogen and oxygen atoms in total. The lowest BCUT2D eigenvalue weighted by atomic mass is 16.0. The second kappa shape index (κ2) is 2350. The molecule has 0 heterocycles. The van der Waals surface area contributed by atoms with Gasteiger partial charge < -0.3 is 43.8 Å². The van der Waals surface area contributed by atoms with E-state index >= 15 is 0 Å². The molecule has 0 aliphatic rings. The maximum Gasteiger partial charge on any atom is 0 e. The molecule has 0 fully saturated rings. The van der Waals surface area contributed by atoms with E-state index in [1.54, 1.807) is 0 Å². The van der Waals surface area contributed by atoms with E-state index in [4.69, 9.17) is 0 Å². The fourth-order valence-electron chi connectivity index (χ4n) is 0. The maximum absolute atomic E-state index is 0. The molecule has 2 radical (unpaired) electrons. The van der Waals surface area contributed by atoms with Crippen LogP contribution in [0.15, 0.2) is 0 Å². The average molecular weight is 168 g/mol. The quantitative estimate of drug-likeness (QED) is 0.305. The fraction of sp³-hybridized carbons (Fsp3) is 0. The van der Waals surface area contributed by atoms with Crippen molar-refractivity contribution in [2.45, 2.75) is 0 Å². The van der Waals surface area contributed by atoms with Gasteiger partial charge in [-0.2, -0.15) is 0 Å². The Morgan fingerprint density at radius 3 is 0.222 bits per heavy atom. The van der Waals surface area contributed by atoms with E-state index in [2.05, 4.69) is 0 Å². The van der Waals surface area contributed by atoms with Gasteiger partial charge in [-0.15, -0.1) is 0 Å². The molecule has 0 unspecified atom stereocenters. The molecule has 0 aromatic rings. The largest absolute Gasteiger partial charge is 0.412 e. The SMILES string of the molecule is O.O.O.O.O.O.O.O.[Mg]. The molecule has 9 heavy (non-hydrogen) atoms. The van der Waals surface area contributed by atoms with Gasteiger partial charge in [0.05, 0.1) is 0 Å². The van der Waals surface area contributed by atoms with Crippen LogP contribution in [-0.2, 0) is 0 Å². The van der Waals surface area contributed by atoms with Crippen molar-refractivity contribution in [3.05, 3.63) is 0 Å². The number of hydrogen-bond acceptors (Lipinski definition) is 0. The molecule has 0 spiro atoms. The van der Waals surface area contributed by atoms with E-state index in [-0.39, 0.29) is 66.9 Å². The Morgan fingerprint density at radius 2 is 0.222 bits per heavy atom. The highest BCUT2D eigenvalue weighted by atomic mass is 24.3. The molecule has 16 N–H and O–H groups in total. The van der Waals surface area contributed by atoms with Gasteiger partial charge in [-0.25, -0.2) is 0 Å². The van der Waals surface area contributed by atoms with Gasteiger partial charge >= 0.3 is 0 Å². The Labute approximate surface area is 67.5 Å². The van der Waals surface area contributed by atoms with Crippen molar-refractivity contribution in [2.24, 2.45) is 0 Å². The van der Waals surface area contributed by atoms with Crippen LogP contribution in [-0.4, -0.2) is 66.9 Å². The van der Waals surface area contributed by atoms with E-state index in [1.807, 2.05) is 0 Å². The van der Waals surface area contributed by atoms with E-state index in [0.29, 0.717) is 0 Å². The standard InChI is InChI=1S/Mg.8H2O/h;8*1H2. The van der Waals surface area contributed by atoms with E-state index in [9.17, 15) is 0 Å². The topological polar surface area (TPSA) is 252 Å². The van der Waals surface area contributed by atoms with Gasteiger partial charge in [-0.1, -0.05) is 0 Å². The van der Waals surface area contributed by atoms with Crippen molar-refractivity contribution < 1.29 is 43.8 Å². The Bertz CT molecular complexity index is 4.53. The van der Waals surface area contributed by atoms with Gasteiger partial charge in [0.25, 0.3) is 0 Å². The van der Waals surface area contributed by atoms with Crippen LogP contribution in [0.25, 0.3) is 0 Å². The summed E-state index contributed by atoms with van der Waals surface area (Å²) >= 11 is 0. The summed E-state index contributed by atoms with van der Waals surface area (Å²) in [4.78, 5) is 0. The van der Waals surface area contributed by atoms with Gasteiger partial charge in [0.2, 0.25) is 0 Å². The second-order valence-electron chi connectivity index (χ2n) is 0. The van der Waals surface area contributed by atoms with Crippen molar-refractivity contribution in [3.63, 3.8) is 0 Å². The van der Waals surface area contributed by atoms with Crippen molar-refractivity contribution in [2.75, 3.05) is 0 Å². The first-order chi connectivity index (χ1) is 0. The molecule has 0 aromatic carbocycles. The van der Waals surface area contributed by atoms with Crippen molar-refractivity contribution in [3.8, 4) is 0 Å². The third-order valence-corrected chi connectivity index (χ3v) is 0. The van der Waals surface area contributed by atoms with Crippen LogP contribution >= 0.6 is 0 Å². The number of hydrogen-bond donors (Lipinski definition) is 0. The van der Waals surface area contributed by atoms with Crippen LogP contribution in [0.3, 0.4) is 0 Å². The lowest BCUT2D eigenvalue weighted by Gasteiger charge is -0.413. The summed E-state index contributed by atoms with van der Waals surface area (Å²) in [7, 11) is 0. The smallest absolute Gasteiger partial charge is 0 e. The molecule has 66 valence electrons. The molecule has 0 saturated carbocycles. The molecule has 0 bridgehead atoms. The minimum Gasteiger partial charge on any atom is -0.412 e. The zero-order chi connectivity index (χ0) is 0. The fourth-order valence-corrected chi connectivity index (χ4v) is 0. The van der Waals surface area contributed by atoms with Gasteiger partial charge in [-0.3, -0.25) is 0 Å². The van der Waals surface area contributed by atoms with Crippen LogP contribution in [0, 0.1) is 0 Å². The average Bonchev–Trinajstić information content (AvgIpc) is 0. The minimum atomic E-state index is 0. The zero-order valence-corrected chi connectivity index (χ0v) is 6.12. The van der Waals surface area contributed by atoms with Crippen LogP contribution in [0.4, 0.5) is 0 Å². The van der Waals surface area contributed by atoms with E-state index in [0.717, 1.165) is 0 Å². The molecule has 9 heteroatoms. The number of rotatable bonds is 0. The molecular formula is H16MgO8. The Morgan fingerprint density at radius 1 is 0.222 bits per heavy atom. The highest BCUT2D eigenvalue weighted by Crippen LogP contribution is -0.282. The van der Waals surface area contributed by atoms with Gasteiger partial charge in [0.1, 0.15) is 0 Å². The highest BCUT2D eigenvalue weighted by molar-refractivity contribution is 5.75. The maximum atomic E-state index is 0. The molecule has 0 amide bonds. The highest BCUT2D eigenvalue weighted by Gasteiger charge is 0.0000198. The Balaban J connectivity index is 0. The zero-order valence-electron chi connectivity index (χ0n) is 4.71. The molecule has 0 rings (SSSR count). The predicted octanol–water partition coefficient (Wildman–Crippen LogP) is -6.98. The first-order valence-electron chi connectivity index (χ1n) is 0. The summed E-state index contributed by atoms with van der Waals surface area (Å²) in [5, 5.41) is 0. The lowest BCUT2D eigenvalue weighted by Crippen LogP contribution is -0.381.